The molecule has 1 amide bonds. The molecule has 0 saturated heterocycles. The zero-order valence-electron chi connectivity index (χ0n) is 11.7. The fourth-order valence-corrected chi connectivity index (χ4v) is 3.07. The predicted molar refractivity (Wildman–Crippen MR) is 66.3 cm³/mol. The zero-order chi connectivity index (χ0) is 15.6. The molecule has 4 nitrogen and oxygen atoms in total. The summed E-state index contributed by atoms with van der Waals surface area (Å²) < 4.78 is 51.7. The van der Waals surface area contributed by atoms with Gasteiger partial charge in [-0.2, -0.15) is 0 Å². The lowest BCUT2D eigenvalue weighted by Crippen LogP contribution is -2.49. The molecular formula is C13H17F4N3O. The number of alkyl halides is 4. The van der Waals surface area contributed by atoms with E-state index in [0.29, 0.717) is 11.4 Å². The third kappa shape index (κ3) is 2.49. The highest BCUT2D eigenvalue weighted by atomic mass is 19.3. The van der Waals surface area contributed by atoms with E-state index in [0.717, 1.165) is 0 Å². The maximum atomic E-state index is 13.0. The number of amides is 1. The summed E-state index contributed by atoms with van der Waals surface area (Å²) in [6.07, 6.45) is -0.823. The average molecular weight is 307 g/mol. The van der Waals surface area contributed by atoms with Gasteiger partial charge < -0.3 is 5.32 Å². The van der Waals surface area contributed by atoms with Crippen LogP contribution in [0.3, 0.4) is 0 Å². The number of halogens is 4. The zero-order valence-corrected chi connectivity index (χ0v) is 11.7. The highest BCUT2D eigenvalue weighted by Crippen LogP contribution is 2.49. The van der Waals surface area contributed by atoms with Crippen molar-refractivity contribution < 1.29 is 22.4 Å². The van der Waals surface area contributed by atoms with Gasteiger partial charge >= 0.3 is 0 Å². The van der Waals surface area contributed by atoms with E-state index < -0.39 is 30.1 Å². The molecule has 0 spiro atoms. The number of nitrogens with one attached hydrogen (secondary N) is 2. The van der Waals surface area contributed by atoms with Crippen LogP contribution in [0.5, 0.6) is 0 Å². The summed E-state index contributed by atoms with van der Waals surface area (Å²) in [4.78, 5) is 11.7. The molecule has 2 fully saturated rings. The first kappa shape index (κ1) is 14.6. The van der Waals surface area contributed by atoms with Crippen molar-refractivity contribution in [3.05, 3.63) is 11.4 Å². The molecule has 0 bridgehead atoms. The molecule has 2 aliphatic carbocycles. The Hall–Kier alpha value is -1.31. The van der Waals surface area contributed by atoms with Gasteiger partial charge in [-0.15, -0.1) is 0 Å². The van der Waals surface area contributed by atoms with Crippen molar-refractivity contribution in [2.45, 2.75) is 44.1 Å². The molecule has 8 heteroatoms. The van der Waals surface area contributed by atoms with E-state index in [9.17, 15) is 22.4 Å². The third-order valence-corrected chi connectivity index (χ3v) is 4.49. The summed E-state index contributed by atoms with van der Waals surface area (Å²) in [6, 6.07) is -0.287. The van der Waals surface area contributed by atoms with Crippen LogP contribution in [-0.2, 0) is 4.79 Å². The minimum atomic E-state index is -2.92. The van der Waals surface area contributed by atoms with Crippen LogP contribution in [0.4, 0.5) is 17.6 Å². The van der Waals surface area contributed by atoms with Crippen LogP contribution >= 0.6 is 0 Å². The van der Waals surface area contributed by atoms with Gasteiger partial charge in [-0.05, 0) is 18.4 Å². The van der Waals surface area contributed by atoms with Gasteiger partial charge in [0.05, 0.1) is 6.04 Å². The summed E-state index contributed by atoms with van der Waals surface area (Å²) >= 11 is 0. The number of nitrogens with zero attached hydrogens (tertiary/aromatic N) is 1. The largest absolute Gasteiger partial charge is 0.311 e. The van der Waals surface area contributed by atoms with Crippen molar-refractivity contribution in [2.75, 3.05) is 7.05 Å². The number of hydrazine groups is 1. The second kappa shape index (κ2) is 4.34. The Morgan fingerprint density at radius 3 is 2.33 bits per heavy atom. The summed E-state index contributed by atoms with van der Waals surface area (Å²) in [7, 11) is 1.63. The molecular weight excluding hydrogens is 290 g/mol. The van der Waals surface area contributed by atoms with Crippen LogP contribution in [0.2, 0.25) is 0 Å². The number of hydrogen-bond donors (Lipinski definition) is 2. The van der Waals surface area contributed by atoms with Crippen molar-refractivity contribution in [1.82, 2.24) is 15.8 Å². The average Bonchev–Trinajstić information content (AvgIpc) is 2.89. The second-order valence-corrected chi connectivity index (χ2v) is 6.23. The Kier molecular flexibility index (Phi) is 3.02. The lowest BCUT2D eigenvalue weighted by Gasteiger charge is -2.39. The lowest BCUT2D eigenvalue weighted by molar-refractivity contribution is -0.124. The first-order valence-electron chi connectivity index (χ1n) is 6.88. The van der Waals surface area contributed by atoms with Crippen LogP contribution in [0, 0.1) is 11.8 Å². The quantitative estimate of drug-likeness (QED) is 0.782. The molecule has 0 aromatic carbocycles. The molecule has 118 valence electrons. The first-order chi connectivity index (χ1) is 9.61. The van der Waals surface area contributed by atoms with E-state index in [4.69, 9.17) is 0 Å². The molecule has 1 heterocycles. The van der Waals surface area contributed by atoms with Crippen molar-refractivity contribution >= 4 is 5.91 Å². The molecule has 21 heavy (non-hydrogen) atoms. The fraction of sp³-hybridized carbons (Fsp3) is 0.769. The number of hydrogen-bond acceptors (Lipinski definition) is 3. The Labute approximate surface area is 119 Å². The molecule has 3 rings (SSSR count). The van der Waals surface area contributed by atoms with Crippen molar-refractivity contribution in [3.63, 3.8) is 0 Å². The third-order valence-electron chi connectivity index (χ3n) is 4.49. The molecule has 0 aromatic rings. The van der Waals surface area contributed by atoms with E-state index in [1.165, 1.54) is 5.01 Å². The molecule has 0 aromatic heterocycles. The van der Waals surface area contributed by atoms with Crippen molar-refractivity contribution in [3.8, 4) is 0 Å². The smallest absolute Gasteiger partial charge is 0.260 e. The van der Waals surface area contributed by atoms with Gasteiger partial charge in [0.25, 0.3) is 5.92 Å². The van der Waals surface area contributed by atoms with Crippen LogP contribution in [-0.4, -0.2) is 35.9 Å². The van der Waals surface area contributed by atoms with Crippen LogP contribution in [0.1, 0.15) is 26.2 Å². The van der Waals surface area contributed by atoms with E-state index >= 15 is 0 Å². The SMILES string of the molecule is CC1=C(NC(=O)[C@H]2CC2(F)F)N(C)NC1C1CC(F)(F)C1. The Morgan fingerprint density at radius 2 is 1.86 bits per heavy atom. The van der Waals surface area contributed by atoms with E-state index in [1.54, 1.807) is 14.0 Å². The Morgan fingerprint density at radius 1 is 1.29 bits per heavy atom. The minimum absolute atomic E-state index is 0.197. The summed E-state index contributed by atoms with van der Waals surface area (Å²) in [6.45, 7) is 1.72. The van der Waals surface area contributed by atoms with Crippen LogP contribution in [0.25, 0.3) is 0 Å². The van der Waals surface area contributed by atoms with Crippen LogP contribution in [0.15, 0.2) is 11.4 Å². The van der Waals surface area contributed by atoms with Gasteiger partial charge in [-0.25, -0.2) is 23.0 Å². The topological polar surface area (TPSA) is 44.4 Å². The maximum absolute atomic E-state index is 13.0. The van der Waals surface area contributed by atoms with Gasteiger partial charge in [-0.3, -0.25) is 9.80 Å². The van der Waals surface area contributed by atoms with Gasteiger partial charge in [0.15, 0.2) is 0 Å². The number of rotatable bonds is 3. The Bertz CT molecular complexity index is 512. The molecule has 1 aliphatic heterocycles. The highest BCUT2D eigenvalue weighted by molar-refractivity contribution is 5.84. The molecule has 0 radical (unpaired) electrons. The minimum Gasteiger partial charge on any atom is -0.311 e. The highest BCUT2D eigenvalue weighted by Gasteiger charge is 2.61. The van der Waals surface area contributed by atoms with E-state index in [2.05, 4.69) is 10.7 Å². The molecule has 2 atom stereocenters. The Balaban J connectivity index is 1.66. The fourth-order valence-electron chi connectivity index (χ4n) is 3.07. The van der Waals surface area contributed by atoms with E-state index in [1.807, 2.05) is 0 Å². The van der Waals surface area contributed by atoms with Gasteiger partial charge in [0.1, 0.15) is 11.7 Å². The normalized spacial score (nSPS) is 33.9. The summed E-state index contributed by atoms with van der Waals surface area (Å²) in [5, 5.41) is 4.00. The standard InChI is InChI=1S/C13H17F4N3O/c1-6-9(7-3-12(14,15)4-7)19-20(2)10(6)18-11(21)8-5-13(8,16)17/h7-9,19H,3-5H2,1-2H3,(H,18,21)/t8-,9?/m1/s1. The van der Waals surface area contributed by atoms with Gasteiger partial charge in [0.2, 0.25) is 11.8 Å². The molecule has 3 aliphatic rings. The van der Waals surface area contributed by atoms with E-state index in [-0.39, 0.29) is 24.8 Å². The van der Waals surface area contributed by atoms with Gasteiger partial charge in [0, 0.05) is 26.3 Å². The molecule has 2 saturated carbocycles. The van der Waals surface area contributed by atoms with Crippen molar-refractivity contribution in [2.24, 2.45) is 11.8 Å². The second-order valence-electron chi connectivity index (χ2n) is 6.23. The molecule has 2 N–H and O–H groups in total. The van der Waals surface area contributed by atoms with Crippen molar-refractivity contribution in [1.29, 1.82) is 0 Å². The lowest BCUT2D eigenvalue weighted by atomic mass is 9.75. The van der Waals surface area contributed by atoms with Gasteiger partial charge in [-0.1, -0.05) is 0 Å². The first-order valence-corrected chi connectivity index (χ1v) is 6.88. The predicted octanol–water partition coefficient (Wildman–Crippen LogP) is 1.85. The maximum Gasteiger partial charge on any atom is 0.260 e. The monoisotopic (exact) mass is 307 g/mol. The van der Waals surface area contributed by atoms with Crippen LogP contribution < -0.4 is 10.7 Å². The molecule has 1 unspecified atom stereocenters. The summed E-state index contributed by atoms with van der Waals surface area (Å²) in [5.74, 6) is -7.35. The number of carbonyl (C=O) groups excluding carboxylic acids is 1. The number of carbonyl (C=O) groups is 1. The summed E-state index contributed by atoms with van der Waals surface area (Å²) in [5.41, 5.74) is 3.71.